The lowest BCUT2D eigenvalue weighted by molar-refractivity contribution is -0.329. The molecule has 1 unspecified atom stereocenters. The molecule has 0 aliphatic heterocycles. The van der Waals surface area contributed by atoms with Gasteiger partial charge in [0.1, 0.15) is 0 Å². The van der Waals surface area contributed by atoms with Crippen LogP contribution >= 0.6 is 0 Å². The van der Waals surface area contributed by atoms with Crippen LogP contribution in [-0.2, 0) is 10.1 Å². The molecule has 0 amide bonds. The average Bonchev–Trinajstić information content (AvgIpc) is 1.58. The minimum Gasteiger partial charge on any atom is -0.341 e. The standard InChI is InChI=1S/C3H9NO6S/c1-2(4,3(5,6)7)11(8,9)10/h5-7H,4H2,1H3,(H,8,9,10). The van der Waals surface area contributed by atoms with Gasteiger partial charge in [0.15, 0.2) is 0 Å². The summed E-state index contributed by atoms with van der Waals surface area (Å²) in [6.45, 7) is 0.544. The van der Waals surface area contributed by atoms with Gasteiger partial charge in [-0.3, -0.25) is 4.55 Å². The Balaban J connectivity index is 5.08. The van der Waals surface area contributed by atoms with Crippen LogP contribution in [0.25, 0.3) is 0 Å². The van der Waals surface area contributed by atoms with Crippen molar-refractivity contribution in [3.05, 3.63) is 0 Å². The summed E-state index contributed by atoms with van der Waals surface area (Å²) < 4.78 is 28.7. The Kier molecular flexibility index (Phi) is 2.32. The summed E-state index contributed by atoms with van der Waals surface area (Å²) in [7, 11) is -4.93. The fraction of sp³-hybridized carbons (Fsp3) is 1.00. The zero-order valence-corrected chi connectivity index (χ0v) is 6.41. The molecule has 0 aliphatic carbocycles. The molecule has 0 bridgehead atoms. The van der Waals surface area contributed by atoms with E-state index in [1.165, 1.54) is 0 Å². The van der Waals surface area contributed by atoms with Gasteiger partial charge in [0.25, 0.3) is 10.1 Å². The lowest BCUT2D eigenvalue weighted by atomic mass is 10.3. The van der Waals surface area contributed by atoms with Gasteiger partial charge in [0.2, 0.25) is 4.87 Å². The Morgan fingerprint density at radius 1 is 1.27 bits per heavy atom. The van der Waals surface area contributed by atoms with E-state index in [9.17, 15) is 8.42 Å². The third-order valence-corrected chi connectivity index (χ3v) is 2.55. The minimum atomic E-state index is -4.93. The van der Waals surface area contributed by atoms with Gasteiger partial charge in [-0.15, -0.1) is 0 Å². The Morgan fingerprint density at radius 3 is 1.55 bits per heavy atom. The summed E-state index contributed by atoms with van der Waals surface area (Å²) in [5.74, 6) is -3.68. The van der Waals surface area contributed by atoms with Crippen LogP contribution in [0.4, 0.5) is 0 Å². The van der Waals surface area contributed by atoms with Crippen molar-refractivity contribution in [2.45, 2.75) is 17.8 Å². The third kappa shape index (κ3) is 1.86. The molecule has 0 aromatic rings. The molecule has 11 heavy (non-hydrogen) atoms. The molecule has 0 spiro atoms. The molecule has 0 radical (unpaired) electrons. The van der Waals surface area contributed by atoms with Crippen LogP contribution < -0.4 is 5.73 Å². The molecule has 0 rings (SSSR count). The van der Waals surface area contributed by atoms with Crippen LogP contribution in [0.3, 0.4) is 0 Å². The van der Waals surface area contributed by atoms with Crippen molar-refractivity contribution < 1.29 is 28.3 Å². The fourth-order valence-corrected chi connectivity index (χ4v) is 0.519. The highest BCUT2D eigenvalue weighted by Gasteiger charge is 2.52. The average molecular weight is 187 g/mol. The molecule has 0 aromatic heterocycles. The van der Waals surface area contributed by atoms with Gasteiger partial charge in [-0.2, -0.15) is 8.42 Å². The zero-order chi connectivity index (χ0) is 9.50. The maximum Gasteiger partial charge on any atom is 0.312 e. The first-order chi connectivity index (χ1) is 4.50. The maximum absolute atomic E-state index is 10.3. The predicted octanol–water partition coefficient (Wildman–Crippen LogP) is -2.82. The first-order valence-corrected chi connectivity index (χ1v) is 3.87. The first-order valence-electron chi connectivity index (χ1n) is 2.43. The summed E-state index contributed by atoms with van der Waals surface area (Å²) in [6, 6.07) is 0. The molecular weight excluding hydrogens is 178 g/mol. The van der Waals surface area contributed by atoms with Gasteiger partial charge < -0.3 is 21.1 Å². The van der Waals surface area contributed by atoms with Gasteiger partial charge in [-0.25, -0.2) is 0 Å². The molecular formula is C3H9NO6S. The van der Waals surface area contributed by atoms with Gasteiger partial charge in [-0.05, 0) is 6.92 Å². The summed E-state index contributed by atoms with van der Waals surface area (Å²) in [6.07, 6.45) is 0. The van der Waals surface area contributed by atoms with E-state index < -0.39 is 21.0 Å². The van der Waals surface area contributed by atoms with Gasteiger partial charge in [-0.1, -0.05) is 0 Å². The molecule has 1 atom stereocenters. The van der Waals surface area contributed by atoms with Crippen LogP contribution in [0, 0.1) is 0 Å². The van der Waals surface area contributed by atoms with E-state index in [2.05, 4.69) is 5.73 Å². The van der Waals surface area contributed by atoms with E-state index in [1.54, 1.807) is 0 Å². The summed E-state index contributed by atoms with van der Waals surface area (Å²) >= 11 is 0. The van der Waals surface area contributed by atoms with E-state index in [0.29, 0.717) is 6.92 Å². The molecule has 0 saturated heterocycles. The summed E-state index contributed by atoms with van der Waals surface area (Å²) in [4.78, 5) is -2.93. The highest BCUT2D eigenvalue weighted by Crippen LogP contribution is 2.18. The largest absolute Gasteiger partial charge is 0.341 e. The normalized spacial score (nSPS) is 19.5. The van der Waals surface area contributed by atoms with E-state index >= 15 is 0 Å². The zero-order valence-electron chi connectivity index (χ0n) is 5.59. The molecule has 0 heterocycles. The molecule has 0 aromatic carbocycles. The number of aliphatic hydroxyl groups is 3. The number of hydrogen-bond donors (Lipinski definition) is 5. The third-order valence-electron chi connectivity index (χ3n) is 1.20. The first kappa shape index (κ1) is 10.8. The molecule has 0 aliphatic rings. The number of nitrogens with two attached hydrogens (primary N) is 1. The quantitative estimate of drug-likeness (QED) is 0.232. The van der Waals surface area contributed by atoms with Crippen molar-refractivity contribution >= 4 is 10.1 Å². The molecule has 0 saturated carbocycles. The van der Waals surface area contributed by atoms with Crippen LogP contribution in [0.2, 0.25) is 0 Å². The van der Waals surface area contributed by atoms with Gasteiger partial charge in [0.05, 0.1) is 0 Å². The Hall–Kier alpha value is -0.250. The number of hydrogen-bond acceptors (Lipinski definition) is 6. The SMILES string of the molecule is CC(N)(C(O)(O)O)S(=O)(=O)O. The van der Waals surface area contributed by atoms with Crippen molar-refractivity contribution in [3.8, 4) is 0 Å². The van der Waals surface area contributed by atoms with Crippen LogP contribution in [0.5, 0.6) is 0 Å². The second kappa shape index (κ2) is 2.37. The molecule has 6 N–H and O–H groups in total. The molecule has 8 heteroatoms. The van der Waals surface area contributed by atoms with Crippen molar-refractivity contribution in [1.29, 1.82) is 0 Å². The second-order valence-corrected chi connectivity index (χ2v) is 4.02. The van der Waals surface area contributed by atoms with E-state index in [1.807, 2.05) is 0 Å². The lowest BCUT2D eigenvalue weighted by Crippen LogP contribution is -2.63. The van der Waals surface area contributed by atoms with Crippen LogP contribution in [0.15, 0.2) is 0 Å². The van der Waals surface area contributed by atoms with E-state index in [0.717, 1.165) is 0 Å². The van der Waals surface area contributed by atoms with Crippen molar-refractivity contribution in [3.63, 3.8) is 0 Å². The molecule has 7 nitrogen and oxygen atoms in total. The van der Waals surface area contributed by atoms with Crippen LogP contribution in [-0.4, -0.2) is 39.1 Å². The highest BCUT2D eigenvalue weighted by molar-refractivity contribution is 7.87. The summed E-state index contributed by atoms with van der Waals surface area (Å²) in [5, 5.41) is 25.0. The number of rotatable bonds is 2. The molecule has 0 fully saturated rings. The smallest absolute Gasteiger partial charge is 0.312 e. The highest BCUT2D eigenvalue weighted by atomic mass is 32.2. The van der Waals surface area contributed by atoms with E-state index in [-0.39, 0.29) is 0 Å². The Morgan fingerprint density at radius 2 is 1.55 bits per heavy atom. The van der Waals surface area contributed by atoms with Crippen molar-refractivity contribution in [1.82, 2.24) is 0 Å². The Bertz CT molecular complexity index is 235. The Labute approximate surface area is 62.8 Å². The monoisotopic (exact) mass is 187 g/mol. The fourth-order valence-electron chi connectivity index (χ4n) is 0.173. The van der Waals surface area contributed by atoms with Gasteiger partial charge in [0, 0.05) is 0 Å². The van der Waals surface area contributed by atoms with Crippen molar-refractivity contribution in [2.24, 2.45) is 5.73 Å². The predicted molar refractivity (Wildman–Crippen MR) is 33.5 cm³/mol. The minimum absolute atomic E-state index is 0.544. The maximum atomic E-state index is 10.3. The molecule has 68 valence electrons. The van der Waals surface area contributed by atoms with Crippen LogP contribution in [0.1, 0.15) is 6.92 Å². The van der Waals surface area contributed by atoms with E-state index in [4.69, 9.17) is 19.9 Å². The second-order valence-electron chi connectivity index (χ2n) is 2.22. The van der Waals surface area contributed by atoms with Gasteiger partial charge >= 0.3 is 5.97 Å². The topological polar surface area (TPSA) is 141 Å². The summed E-state index contributed by atoms with van der Waals surface area (Å²) in [5.41, 5.74) is 4.68. The van der Waals surface area contributed by atoms with Crippen molar-refractivity contribution in [2.75, 3.05) is 0 Å². The lowest BCUT2D eigenvalue weighted by Gasteiger charge is -2.29.